The minimum atomic E-state index is -0.424. The van der Waals surface area contributed by atoms with Gasteiger partial charge in [0.25, 0.3) is 0 Å². The van der Waals surface area contributed by atoms with Crippen LogP contribution in [0, 0.1) is 5.92 Å². The number of benzene rings is 1. The van der Waals surface area contributed by atoms with Gasteiger partial charge in [0.15, 0.2) is 0 Å². The summed E-state index contributed by atoms with van der Waals surface area (Å²) in [6.07, 6.45) is 1.95. The fourth-order valence-corrected chi connectivity index (χ4v) is 3.28. The number of amides is 1. The van der Waals surface area contributed by atoms with Crippen LogP contribution in [0.2, 0.25) is 5.02 Å². The van der Waals surface area contributed by atoms with E-state index in [4.69, 9.17) is 16.3 Å². The molecule has 1 aromatic rings. The third-order valence-electron chi connectivity index (χ3n) is 4.29. The molecule has 2 atom stereocenters. The lowest BCUT2D eigenvalue weighted by Gasteiger charge is -2.34. The molecule has 2 heterocycles. The molecule has 2 aliphatic rings. The summed E-state index contributed by atoms with van der Waals surface area (Å²) in [7, 11) is 0. The number of hydrogen-bond acceptors (Lipinski definition) is 3. The smallest absolute Gasteiger partial charge is 0.415 e. The SMILES string of the molecule is CC1(C2CCCNC2)CN(c2cccc(Cl)c2)C(=O)O1. The molecule has 1 aromatic carbocycles. The number of hydrogen-bond donors (Lipinski definition) is 1. The van der Waals surface area contributed by atoms with Crippen molar-refractivity contribution in [3.8, 4) is 0 Å². The molecule has 0 aromatic heterocycles. The fourth-order valence-electron chi connectivity index (χ4n) is 3.09. The van der Waals surface area contributed by atoms with E-state index < -0.39 is 5.60 Å². The molecule has 1 amide bonds. The van der Waals surface area contributed by atoms with Crippen LogP contribution in [-0.2, 0) is 4.74 Å². The van der Waals surface area contributed by atoms with Crippen molar-refractivity contribution in [2.45, 2.75) is 25.4 Å². The summed E-state index contributed by atoms with van der Waals surface area (Å²) in [6.45, 7) is 4.58. The van der Waals surface area contributed by atoms with E-state index in [9.17, 15) is 4.79 Å². The Bertz CT molecular complexity index is 516. The van der Waals surface area contributed by atoms with Crippen LogP contribution in [-0.4, -0.2) is 31.3 Å². The first-order valence-electron chi connectivity index (χ1n) is 7.05. The van der Waals surface area contributed by atoms with Crippen molar-refractivity contribution in [3.63, 3.8) is 0 Å². The lowest BCUT2D eigenvalue weighted by atomic mass is 9.83. The molecule has 3 rings (SSSR count). The molecule has 0 spiro atoms. The van der Waals surface area contributed by atoms with Crippen molar-refractivity contribution in [2.75, 3.05) is 24.5 Å². The fraction of sp³-hybridized carbons (Fsp3) is 0.533. The Morgan fingerprint density at radius 2 is 2.35 bits per heavy atom. The van der Waals surface area contributed by atoms with E-state index in [-0.39, 0.29) is 6.09 Å². The van der Waals surface area contributed by atoms with Crippen LogP contribution in [0.1, 0.15) is 19.8 Å². The van der Waals surface area contributed by atoms with Crippen LogP contribution in [0.25, 0.3) is 0 Å². The van der Waals surface area contributed by atoms with Crippen LogP contribution in [0.4, 0.5) is 10.5 Å². The zero-order chi connectivity index (χ0) is 14.2. The molecule has 2 saturated heterocycles. The normalized spacial score (nSPS) is 30.4. The molecule has 5 heteroatoms. The van der Waals surface area contributed by atoms with Gasteiger partial charge in [-0.1, -0.05) is 17.7 Å². The van der Waals surface area contributed by atoms with Gasteiger partial charge in [-0.05, 0) is 44.5 Å². The van der Waals surface area contributed by atoms with E-state index >= 15 is 0 Å². The number of carbonyl (C=O) groups excluding carboxylic acids is 1. The van der Waals surface area contributed by atoms with Gasteiger partial charge in [-0.25, -0.2) is 4.79 Å². The Balaban J connectivity index is 1.80. The number of carbonyl (C=O) groups is 1. The van der Waals surface area contributed by atoms with Crippen molar-refractivity contribution in [2.24, 2.45) is 5.92 Å². The van der Waals surface area contributed by atoms with Crippen molar-refractivity contribution in [3.05, 3.63) is 29.3 Å². The summed E-state index contributed by atoms with van der Waals surface area (Å²) >= 11 is 6.00. The van der Waals surface area contributed by atoms with Gasteiger partial charge < -0.3 is 10.1 Å². The van der Waals surface area contributed by atoms with E-state index in [0.717, 1.165) is 31.6 Å². The Labute approximate surface area is 124 Å². The predicted molar refractivity (Wildman–Crippen MR) is 79.3 cm³/mol. The number of nitrogens with zero attached hydrogens (tertiary/aromatic N) is 1. The maximum Gasteiger partial charge on any atom is 0.415 e. The summed E-state index contributed by atoms with van der Waals surface area (Å²) in [4.78, 5) is 13.9. The first kappa shape index (κ1) is 13.7. The highest BCUT2D eigenvalue weighted by Crippen LogP contribution is 2.36. The standard InChI is InChI=1S/C15H19ClN2O2/c1-15(11-4-3-7-17-9-11)10-18(14(19)20-15)13-6-2-5-12(16)8-13/h2,5-6,8,11,17H,3-4,7,9-10H2,1H3. The Morgan fingerprint density at radius 3 is 3.05 bits per heavy atom. The number of piperidine rings is 1. The topological polar surface area (TPSA) is 41.6 Å². The van der Waals surface area contributed by atoms with E-state index in [1.165, 1.54) is 0 Å². The van der Waals surface area contributed by atoms with Gasteiger partial charge in [0.1, 0.15) is 5.60 Å². The van der Waals surface area contributed by atoms with Gasteiger partial charge in [-0.15, -0.1) is 0 Å². The van der Waals surface area contributed by atoms with Crippen molar-refractivity contribution in [1.29, 1.82) is 0 Å². The van der Waals surface area contributed by atoms with Gasteiger partial charge in [-0.3, -0.25) is 4.90 Å². The first-order chi connectivity index (χ1) is 9.58. The Morgan fingerprint density at radius 1 is 1.50 bits per heavy atom. The molecular formula is C15H19ClN2O2. The summed E-state index contributed by atoms with van der Waals surface area (Å²) in [5.41, 5.74) is 0.377. The van der Waals surface area contributed by atoms with Crippen molar-refractivity contribution in [1.82, 2.24) is 5.32 Å². The van der Waals surface area contributed by atoms with Crippen molar-refractivity contribution < 1.29 is 9.53 Å². The molecule has 0 aliphatic carbocycles. The average Bonchev–Trinajstić information content (AvgIpc) is 2.77. The number of anilines is 1. The van der Waals surface area contributed by atoms with Gasteiger partial charge in [0, 0.05) is 23.2 Å². The van der Waals surface area contributed by atoms with Crippen LogP contribution < -0.4 is 10.2 Å². The highest BCUT2D eigenvalue weighted by atomic mass is 35.5. The van der Waals surface area contributed by atoms with Gasteiger partial charge in [-0.2, -0.15) is 0 Å². The van der Waals surface area contributed by atoms with Crippen LogP contribution in [0.3, 0.4) is 0 Å². The van der Waals surface area contributed by atoms with E-state index in [2.05, 4.69) is 5.32 Å². The highest BCUT2D eigenvalue weighted by Gasteiger charge is 2.47. The van der Waals surface area contributed by atoms with E-state index in [1.807, 2.05) is 19.1 Å². The molecule has 20 heavy (non-hydrogen) atoms. The van der Waals surface area contributed by atoms with Gasteiger partial charge in [0.05, 0.1) is 6.54 Å². The van der Waals surface area contributed by atoms with E-state index in [1.54, 1.807) is 17.0 Å². The molecule has 2 unspecified atom stereocenters. The number of cyclic esters (lactones) is 1. The third-order valence-corrected chi connectivity index (χ3v) is 4.53. The molecule has 0 saturated carbocycles. The molecule has 4 nitrogen and oxygen atoms in total. The van der Waals surface area contributed by atoms with E-state index in [0.29, 0.717) is 17.5 Å². The third kappa shape index (κ3) is 2.50. The summed E-state index contributed by atoms with van der Waals surface area (Å²) in [5.74, 6) is 0.365. The molecule has 0 radical (unpaired) electrons. The molecular weight excluding hydrogens is 276 g/mol. The van der Waals surface area contributed by atoms with Gasteiger partial charge in [0.2, 0.25) is 0 Å². The molecule has 0 bridgehead atoms. The summed E-state index contributed by atoms with van der Waals surface area (Å²) < 4.78 is 5.70. The minimum absolute atomic E-state index is 0.277. The number of ether oxygens (including phenoxy) is 1. The lowest BCUT2D eigenvalue weighted by molar-refractivity contribution is 0.0123. The summed E-state index contributed by atoms with van der Waals surface area (Å²) in [5, 5.41) is 4.01. The van der Waals surface area contributed by atoms with Crippen molar-refractivity contribution >= 4 is 23.4 Å². The Hall–Kier alpha value is -1.26. The predicted octanol–water partition coefficient (Wildman–Crippen LogP) is 3.05. The zero-order valence-electron chi connectivity index (χ0n) is 11.6. The largest absolute Gasteiger partial charge is 0.441 e. The average molecular weight is 295 g/mol. The molecule has 1 N–H and O–H groups in total. The van der Waals surface area contributed by atoms with Gasteiger partial charge >= 0.3 is 6.09 Å². The quantitative estimate of drug-likeness (QED) is 0.911. The lowest BCUT2D eigenvalue weighted by Crippen LogP contribution is -2.46. The maximum absolute atomic E-state index is 12.2. The molecule has 2 aliphatic heterocycles. The molecule has 108 valence electrons. The minimum Gasteiger partial charge on any atom is -0.441 e. The van der Waals surface area contributed by atoms with Crippen LogP contribution in [0.5, 0.6) is 0 Å². The summed E-state index contributed by atoms with van der Waals surface area (Å²) in [6, 6.07) is 7.34. The second kappa shape index (κ2) is 5.26. The van der Waals surface area contributed by atoms with Crippen LogP contribution >= 0.6 is 11.6 Å². The Kier molecular flexibility index (Phi) is 3.61. The second-order valence-electron chi connectivity index (χ2n) is 5.79. The first-order valence-corrected chi connectivity index (χ1v) is 7.43. The zero-order valence-corrected chi connectivity index (χ0v) is 12.3. The number of nitrogens with one attached hydrogen (secondary N) is 1. The number of rotatable bonds is 2. The highest BCUT2D eigenvalue weighted by molar-refractivity contribution is 6.30. The molecule has 2 fully saturated rings. The number of halogens is 1. The second-order valence-corrected chi connectivity index (χ2v) is 6.23. The monoisotopic (exact) mass is 294 g/mol. The maximum atomic E-state index is 12.2. The van der Waals surface area contributed by atoms with Crippen LogP contribution in [0.15, 0.2) is 24.3 Å².